The molecule has 0 saturated heterocycles. The van der Waals surface area contributed by atoms with E-state index in [-0.39, 0.29) is 22.6 Å². The van der Waals surface area contributed by atoms with Crippen molar-refractivity contribution in [1.82, 2.24) is 10.6 Å². The maximum Gasteiger partial charge on any atom is 0.220 e. The monoisotopic (exact) mass is 366 g/mol. The van der Waals surface area contributed by atoms with Crippen LogP contribution in [-0.4, -0.2) is 52.3 Å². The Hall–Kier alpha value is -1.14. The molecule has 4 bridgehead atoms. The number of rotatable bonds is 10. The summed E-state index contributed by atoms with van der Waals surface area (Å²) >= 11 is 0. The first-order chi connectivity index (χ1) is 12.5. The molecule has 4 fully saturated rings. The zero-order valence-electron chi connectivity index (χ0n) is 16.3. The number of methoxy groups -OCH3 is 2. The van der Waals surface area contributed by atoms with E-state index in [9.17, 15) is 9.59 Å². The lowest BCUT2D eigenvalue weighted by molar-refractivity contribution is -0.146. The molecule has 0 heterocycles. The average Bonchev–Trinajstić information content (AvgIpc) is 2.53. The summed E-state index contributed by atoms with van der Waals surface area (Å²) in [6.45, 7) is 2.25. The molecule has 26 heavy (non-hydrogen) atoms. The molecule has 0 spiro atoms. The minimum absolute atomic E-state index is 0.105. The summed E-state index contributed by atoms with van der Waals surface area (Å²) in [5.74, 6) is 1.66. The number of amides is 2. The van der Waals surface area contributed by atoms with Crippen LogP contribution in [0.15, 0.2) is 0 Å². The molecule has 0 atom stereocenters. The number of hydrogen-bond donors (Lipinski definition) is 2. The molecule has 6 nitrogen and oxygen atoms in total. The van der Waals surface area contributed by atoms with Crippen LogP contribution in [0.5, 0.6) is 0 Å². The van der Waals surface area contributed by atoms with Crippen molar-refractivity contribution in [3.05, 3.63) is 0 Å². The Bertz CT molecular complexity index is 466. The van der Waals surface area contributed by atoms with E-state index >= 15 is 0 Å². The van der Waals surface area contributed by atoms with Crippen LogP contribution in [0.4, 0.5) is 0 Å². The number of ether oxygens (including phenoxy) is 2. The smallest absolute Gasteiger partial charge is 0.220 e. The van der Waals surface area contributed by atoms with Gasteiger partial charge >= 0.3 is 0 Å². The quantitative estimate of drug-likeness (QED) is 0.579. The summed E-state index contributed by atoms with van der Waals surface area (Å²) in [6, 6.07) is 0. The first kappa shape index (κ1) is 19.6. The third-order valence-corrected chi connectivity index (χ3v) is 6.63. The van der Waals surface area contributed by atoms with Crippen molar-refractivity contribution in [3.8, 4) is 0 Å². The van der Waals surface area contributed by atoms with Gasteiger partial charge in [-0.25, -0.2) is 0 Å². The lowest BCUT2D eigenvalue weighted by Crippen LogP contribution is -2.54. The van der Waals surface area contributed by atoms with Crippen LogP contribution < -0.4 is 10.6 Å². The van der Waals surface area contributed by atoms with Gasteiger partial charge in [-0.1, -0.05) is 0 Å². The van der Waals surface area contributed by atoms with E-state index in [0.29, 0.717) is 51.0 Å². The van der Waals surface area contributed by atoms with Gasteiger partial charge in [-0.15, -0.1) is 0 Å². The SMILES string of the molecule is COCCNC(=O)CC12CC3CC(C1)CC(CC(=O)NCCOC)(C3)C2. The molecule has 2 N–H and O–H groups in total. The number of carbonyl (C=O) groups excluding carboxylic acids is 2. The molecule has 4 aliphatic carbocycles. The van der Waals surface area contributed by atoms with E-state index in [1.165, 1.54) is 6.42 Å². The Kier molecular flexibility index (Phi) is 6.23. The van der Waals surface area contributed by atoms with Gasteiger partial charge in [0.1, 0.15) is 0 Å². The van der Waals surface area contributed by atoms with E-state index in [1.54, 1.807) is 14.2 Å². The molecule has 4 rings (SSSR count). The second-order valence-corrected chi connectivity index (χ2v) is 9.00. The fraction of sp³-hybridized carbons (Fsp3) is 0.900. The molecule has 4 aliphatic rings. The maximum absolute atomic E-state index is 12.4. The highest BCUT2D eigenvalue weighted by Gasteiger charge is 2.58. The molecular weight excluding hydrogens is 332 g/mol. The van der Waals surface area contributed by atoms with Crippen LogP contribution in [0.1, 0.15) is 51.4 Å². The summed E-state index contributed by atoms with van der Waals surface area (Å²) in [7, 11) is 3.29. The zero-order chi connectivity index (χ0) is 18.6. The molecule has 0 unspecified atom stereocenters. The van der Waals surface area contributed by atoms with E-state index in [2.05, 4.69) is 10.6 Å². The van der Waals surface area contributed by atoms with Crippen LogP contribution in [0.2, 0.25) is 0 Å². The van der Waals surface area contributed by atoms with Crippen molar-refractivity contribution in [2.75, 3.05) is 40.5 Å². The molecule has 148 valence electrons. The van der Waals surface area contributed by atoms with Gasteiger partial charge in [0.05, 0.1) is 13.2 Å². The largest absolute Gasteiger partial charge is 0.383 e. The Labute approximate surface area is 156 Å². The van der Waals surface area contributed by atoms with Gasteiger partial charge in [0.15, 0.2) is 0 Å². The van der Waals surface area contributed by atoms with Crippen LogP contribution in [-0.2, 0) is 19.1 Å². The molecular formula is C20H34N2O4. The highest BCUT2D eigenvalue weighted by atomic mass is 16.5. The van der Waals surface area contributed by atoms with E-state index in [0.717, 1.165) is 32.1 Å². The third kappa shape index (κ3) is 4.58. The average molecular weight is 367 g/mol. The van der Waals surface area contributed by atoms with Crippen molar-refractivity contribution >= 4 is 11.8 Å². The molecule has 6 heteroatoms. The predicted octanol–water partition coefficient (Wildman–Crippen LogP) is 1.88. The lowest BCUT2D eigenvalue weighted by atomic mass is 9.43. The molecule has 0 aliphatic heterocycles. The van der Waals surface area contributed by atoms with Crippen LogP contribution in [0, 0.1) is 22.7 Å². The van der Waals surface area contributed by atoms with Gasteiger partial charge in [-0.3, -0.25) is 9.59 Å². The fourth-order valence-corrected chi connectivity index (χ4v) is 6.45. The van der Waals surface area contributed by atoms with Gasteiger partial charge in [-0.2, -0.15) is 0 Å². The Morgan fingerprint density at radius 2 is 1.27 bits per heavy atom. The third-order valence-electron chi connectivity index (χ3n) is 6.63. The predicted molar refractivity (Wildman–Crippen MR) is 98.6 cm³/mol. The number of hydrogen-bond acceptors (Lipinski definition) is 4. The van der Waals surface area contributed by atoms with Gasteiger partial charge in [-0.05, 0) is 61.2 Å². The highest BCUT2D eigenvalue weighted by molar-refractivity contribution is 5.77. The van der Waals surface area contributed by atoms with Crippen molar-refractivity contribution in [3.63, 3.8) is 0 Å². The maximum atomic E-state index is 12.4. The Morgan fingerprint density at radius 3 is 1.65 bits per heavy atom. The Morgan fingerprint density at radius 1 is 0.846 bits per heavy atom. The summed E-state index contributed by atoms with van der Waals surface area (Å²) in [6.07, 6.45) is 8.18. The van der Waals surface area contributed by atoms with Gasteiger partial charge in [0, 0.05) is 40.2 Å². The van der Waals surface area contributed by atoms with Crippen molar-refractivity contribution < 1.29 is 19.1 Å². The summed E-state index contributed by atoms with van der Waals surface area (Å²) < 4.78 is 10.0. The van der Waals surface area contributed by atoms with Crippen molar-refractivity contribution in [2.24, 2.45) is 22.7 Å². The standard InChI is InChI=1S/C20H34N2O4/c1-25-5-3-21-17(23)12-19-8-15-7-16(9-19)11-20(10-15,14-19)13-18(24)22-4-6-26-2/h15-16H,3-14H2,1-2H3,(H,21,23)(H,22,24). The second kappa shape index (κ2) is 8.26. The molecule has 0 aromatic rings. The fourth-order valence-electron chi connectivity index (χ4n) is 6.45. The van der Waals surface area contributed by atoms with E-state index in [4.69, 9.17) is 9.47 Å². The van der Waals surface area contributed by atoms with Crippen LogP contribution >= 0.6 is 0 Å². The van der Waals surface area contributed by atoms with Crippen LogP contribution in [0.3, 0.4) is 0 Å². The van der Waals surface area contributed by atoms with Crippen LogP contribution in [0.25, 0.3) is 0 Å². The normalized spacial score (nSPS) is 34.7. The molecule has 0 radical (unpaired) electrons. The number of nitrogens with one attached hydrogen (secondary N) is 2. The van der Waals surface area contributed by atoms with Crippen molar-refractivity contribution in [1.29, 1.82) is 0 Å². The summed E-state index contributed by atoms with van der Waals surface area (Å²) in [5, 5.41) is 5.98. The summed E-state index contributed by atoms with van der Waals surface area (Å²) in [4.78, 5) is 24.9. The van der Waals surface area contributed by atoms with Gasteiger partial charge in [0.2, 0.25) is 11.8 Å². The summed E-state index contributed by atoms with van der Waals surface area (Å²) in [5.41, 5.74) is 0.210. The lowest BCUT2D eigenvalue weighted by Gasteiger charge is -2.62. The minimum Gasteiger partial charge on any atom is -0.383 e. The highest BCUT2D eigenvalue weighted by Crippen LogP contribution is 2.67. The second-order valence-electron chi connectivity index (χ2n) is 9.00. The zero-order valence-corrected chi connectivity index (χ0v) is 16.3. The first-order valence-electron chi connectivity index (χ1n) is 9.99. The van der Waals surface area contributed by atoms with E-state index in [1.807, 2.05) is 0 Å². The number of carbonyl (C=O) groups is 2. The van der Waals surface area contributed by atoms with Gasteiger partial charge in [0.25, 0.3) is 0 Å². The molecule has 4 saturated carbocycles. The molecule has 0 aromatic heterocycles. The molecule has 2 amide bonds. The topological polar surface area (TPSA) is 76.7 Å². The Balaban J connectivity index is 1.61. The molecule has 0 aromatic carbocycles. The van der Waals surface area contributed by atoms with Crippen molar-refractivity contribution in [2.45, 2.75) is 51.4 Å². The van der Waals surface area contributed by atoms with E-state index < -0.39 is 0 Å². The minimum atomic E-state index is 0.105. The van der Waals surface area contributed by atoms with Gasteiger partial charge < -0.3 is 20.1 Å². The first-order valence-corrected chi connectivity index (χ1v) is 9.99.